The van der Waals surface area contributed by atoms with Gasteiger partial charge in [0.2, 0.25) is 0 Å². The summed E-state index contributed by atoms with van der Waals surface area (Å²) in [6.45, 7) is 5.42. The Morgan fingerprint density at radius 2 is 1.86 bits per heavy atom. The molecule has 112 valence electrons. The predicted octanol–water partition coefficient (Wildman–Crippen LogP) is 3.35. The molecule has 1 heterocycles. The fourth-order valence-electron chi connectivity index (χ4n) is 2.20. The Morgan fingerprint density at radius 1 is 1.19 bits per heavy atom. The van der Waals surface area contributed by atoms with Crippen molar-refractivity contribution in [3.05, 3.63) is 50.7 Å². The van der Waals surface area contributed by atoms with Gasteiger partial charge in [-0.3, -0.25) is 0 Å². The van der Waals surface area contributed by atoms with Gasteiger partial charge in [-0.25, -0.2) is 13.2 Å². The van der Waals surface area contributed by atoms with Gasteiger partial charge < -0.3 is 5.11 Å². The maximum Gasteiger partial charge on any atom is 0.345 e. The molecule has 0 saturated carbocycles. The van der Waals surface area contributed by atoms with Gasteiger partial charge in [-0.1, -0.05) is 17.7 Å². The van der Waals surface area contributed by atoms with E-state index in [4.69, 9.17) is 5.11 Å². The number of benzene rings is 1. The predicted molar refractivity (Wildman–Crippen MR) is 82.8 cm³/mol. The molecule has 4 nitrogen and oxygen atoms in total. The summed E-state index contributed by atoms with van der Waals surface area (Å²) in [5.74, 6) is -1.20. The molecule has 0 bridgehead atoms. The van der Waals surface area contributed by atoms with Crippen LogP contribution in [-0.4, -0.2) is 19.5 Å². The molecule has 0 amide bonds. The van der Waals surface area contributed by atoms with Crippen LogP contribution in [-0.2, 0) is 15.6 Å². The molecule has 1 N–H and O–H groups in total. The van der Waals surface area contributed by atoms with Crippen molar-refractivity contribution in [3.63, 3.8) is 0 Å². The first-order valence-corrected chi connectivity index (χ1v) is 8.80. The first kappa shape index (κ1) is 15.7. The van der Waals surface area contributed by atoms with Crippen LogP contribution >= 0.6 is 11.3 Å². The van der Waals surface area contributed by atoms with Gasteiger partial charge in [0.25, 0.3) is 0 Å². The molecule has 2 rings (SSSR count). The number of rotatable bonds is 4. The van der Waals surface area contributed by atoms with Gasteiger partial charge in [-0.15, -0.1) is 11.3 Å². The number of carboxylic acids is 1. The number of carboxylic acid groups (broad SMARTS) is 1. The van der Waals surface area contributed by atoms with Crippen molar-refractivity contribution in [2.75, 3.05) is 0 Å². The molecular formula is C15H16O4S2. The quantitative estimate of drug-likeness (QED) is 0.936. The van der Waals surface area contributed by atoms with E-state index >= 15 is 0 Å². The van der Waals surface area contributed by atoms with Gasteiger partial charge in [-0.05, 0) is 44.0 Å². The van der Waals surface area contributed by atoms with Gasteiger partial charge in [0, 0.05) is 4.88 Å². The minimum absolute atomic E-state index is 0.165. The number of sulfone groups is 1. The summed E-state index contributed by atoms with van der Waals surface area (Å²) < 4.78 is 25.0. The van der Waals surface area contributed by atoms with E-state index in [1.807, 2.05) is 13.0 Å². The second-order valence-electron chi connectivity index (χ2n) is 5.03. The molecule has 6 heteroatoms. The third-order valence-corrected chi connectivity index (χ3v) is 6.14. The molecular weight excluding hydrogens is 308 g/mol. The smallest absolute Gasteiger partial charge is 0.345 e. The Hall–Kier alpha value is -1.66. The molecule has 0 fully saturated rings. The van der Waals surface area contributed by atoms with Crippen molar-refractivity contribution >= 4 is 27.1 Å². The maximum absolute atomic E-state index is 12.5. The third kappa shape index (κ3) is 3.33. The average Bonchev–Trinajstić information content (AvgIpc) is 2.70. The fourth-order valence-corrected chi connectivity index (χ4v) is 4.86. The van der Waals surface area contributed by atoms with Gasteiger partial charge in [0.05, 0.1) is 10.6 Å². The topological polar surface area (TPSA) is 71.4 Å². The first-order chi connectivity index (χ1) is 9.70. The molecule has 0 atom stereocenters. The monoisotopic (exact) mass is 324 g/mol. The third-order valence-electron chi connectivity index (χ3n) is 3.24. The zero-order valence-corrected chi connectivity index (χ0v) is 13.6. The molecule has 1 aromatic heterocycles. The number of aromatic carboxylic acids is 1. The summed E-state index contributed by atoms with van der Waals surface area (Å²) in [5, 5.41) is 8.97. The lowest BCUT2D eigenvalue weighted by Gasteiger charge is -2.08. The van der Waals surface area contributed by atoms with Crippen molar-refractivity contribution in [2.24, 2.45) is 0 Å². The Kier molecular flexibility index (Phi) is 4.20. The molecule has 0 aliphatic carbocycles. The van der Waals surface area contributed by atoms with Crippen molar-refractivity contribution < 1.29 is 18.3 Å². The maximum atomic E-state index is 12.5. The number of hydrogen-bond acceptors (Lipinski definition) is 4. The van der Waals surface area contributed by atoms with Crippen LogP contribution in [0.5, 0.6) is 0 Å². The zero-order valence-electron chi connectivity index (χ0n) is 12.0. The second kappa shape index (κ2) is 5.61. The summed E-state index contributed by atoms with van der Waals surface area (Å²) in [5.41, 5.74) is 2.27. The highest BCUT2D eigenvalue weighted by molar-refractivity contribution is 7.90. The minimum atomic E-state index is -3.48. The van der Waals surface area contributed by atoms with Crippen molar-refractivity contribution in [2.45, 2.75) is 31.4 Å². The molecule has 0 aliphatic rings. The lowest BCUT2D eigenvalue weighted by atomic mass is 10.2. The number of thiophene rings is 1. The van der Waals surface area contributed by atoms with Gasteiger partial charge in [0.15, 0.2) is 9.84 Å². The minimum Gasteiger partial charge on any atom is -0.477 e. The molecule has 1 aromatic carbocycles. The van der Waals surface area contributed by atoms with Crippen LogP contribution in [0.2, 0.25) is 0 Å². The van der Waals surface area contributed by atoms with Crippen LogP contribution in [0.1, 0.15) is 31.2 Å². The first-order valence-electron chi connectivity index (χ1n) is 6.33. The highest BCUT2D eigenvalue weighted by atomic mass is 32.2. The van der Waals surface area contributed by atoms with Crippen LogP contribution < -0.4 is 0 Å². The number of carbonyl (C=O) groups is 1. The van der Waals surface area contributed by atoms with Gasteiger partial charge in [-0.2, -0.15) is 0 Å². The molecule has 0 radical (unpaired) electrons. The largest absolute Gasteiger partial charge is 0.477 e. The molecule has 0 spiro atoms. The summed E-state index contributed by atoms with van der Waals surface area (Å²) >= 11 is 1.10. The van der Waals surface area contributed by atoms with Crippen LogP contribution in [0.4, 0.5) is 0 Å². The number of hydrogen-bond donors (Lipinski definition) is 1. The summed E-state index contributed by atoms with van der Waals surface area (Å²) in [4.78, 5) is 12.1. The lowest BCUT2D eigenvalue weighted by Crippen LogP contribution is -2.07. The van der Waals surface area contributed by atoms with E-state index in [0.29, 0.717) is 16.0 Å². The molecule has 2 aromatic rings. The highest BCUT2D eigenvalue weighted by Crippen LogP contribution is 2.27. The van der Waals surface area contributed by atoms with E-state index < -0.39 is 15.8 Å². The van der Waals surface area contributed by atoms with Crippen LogP contribution in [0.3, 0.4) is 0 Å². The SMILES string of the molecule is Cc1ccc(S(=O)(=O)Cc2cc(C(=O)O)sc2C)c(C)c1. The van der Waals surface area contributed by atoms with E-state index in [0.717, 1.165) is 21.8 Å². The molecule has 0 unspecified atom stereocenters. The molecule has 0 aliphatic heterocycles. The van der Waals surface area contributed by atoms with Gasteiger partial charge in [0.1, 0.15) is 4.88 Å². The average molecular weight is 324 g/mol. The summed E-state index contributed by atoms with van der Waals surface area (Å²) in [6, 6.07) is 6.66. The highest BCUT2D eigenvalue weighted by Gasteiger charge is 2.21. The molecule has 0 saturated heterocycles. The fraction of sp³-hybridized carbons (Fsp3) is 0.267. The summed E-state index contributed by atoms with van der Waals surface area (Å²) in [6.07, 6.45) is 0. The number of aryl methyl sites for hydroxylation is 3. The Balaban J connectivity index is 2.40. The standard InChI is InChI=1S/C15H16O4S2/c1-9-4-5-14(10(2)6-9)21(18,19)8-12-7-13(15(16)17)20-11(12)3/h4-7H,8H2,1-3H3,(H,16,17). The van der Waals surface area contributed by atoms with E-state index in [1.165, 1.54) is 6.07 Å². The van der Waals surface area contributed by atoms with Crippen LogP contribution in [0.25, 0.3) is 0 Å². The van der Waals surface area contributed by atoms with Crippen LogP contribution in [0, 0.1) is 20.8 Å². The lowest BCUT2D eigenvalue weighted by molar-refractivity contribution is 0.0702. The van der Waals surface area contributed by atoms with E-state index in [9.17, 15) is 13.2 Å². The Labute approximate surface area is 128 Å². The summed E-state index contributed by atoms with van der Waals surface area (Å²) in [7, 11) is -3.48. The second-order valence-corrected chi connectivity index (χ2v) is 8.24. The molecule has 21 heavy (non-hydrogen) atoms. The van der Waals surface area contributed by atoms with E-state index in [-0.39, 0.29) is 10.6 Å². The van der Waals surface area contributed by atoms with E-state index in [1.54, 1.807) is 26.0 Å². The Morgan fingerprint density at radius 3 is 2.38 bits per heavy atom. The van der Waals surface area contributed by atoms with Crippen molar-refractivity contribution in [3.8, 4) is 0 Å². The van der Waals surface area contributed by atoms with Crippen LogP contribution in [0.15, 0.2) is 29.2 Å². The Bertz CT molecular complexity index is 801. The zero-order chi connectivity index (χ0) is 15.8. The van der Waals surface area contributed by atoms with Crippen molar-refractivity contribution in [1.29, 1.82) is 0 Å². The van der Waals surface area contributed by atoms with Gasteiger partial charge >= 0.3 is 5.97 Å². The van der Waals surface area contributed by atoms with Crippen molar-refractivity contribution in [1.82, 2.24) is 0 Å². The van der Waals surface area contributed by atoms with E-state index in [2.05, 4.69) is 0 Å². The normalized spacial score (nSPS) is 11.6.